The maximum absolute atomic E-state index is 4.15. The Hall–Kier alpha value is -0.750. The second-order valence-corrected chi connectivity index (χ2v) is 3.69. The Bertz CT molecular complexity index is 394. The van der Waals surface area contributed by atoms with E-state index in [2.05, 4.69) is 30.3 Å². The lowest BCUT2D eigenvalue weighted by atomic mass is 10.6. The molecule has 2 aromatic rings. The van der Waals surface area contributed by atoms with Crippen LogP contribution in [0.2, 0.25) is 0 Å². The quantitative estimate of drug-likeness (QED) is 0.768. The van der Waals surface area contributed by atoms with Crippen molar-refractivity contribution in [3.63, 3.8) is 0 Å². The van der Waals surface area contributed by atoms with Crippen molar-refractivity contribution >= 4 is 27.5 Å². The SMILES string of the molecule is Cn1ccnc1-c1nc(Br)ns1. The minimum atomic E-state index is 0.616. The zero-order valence-corrected chi connectivity index (χ0v) is 8.63. The van der Waals surface area contributed by atoms with Crippen LogP contribution in [0.5, 0.6) is 0 Å². The van der Waals surface area contributed by atoms with Gasteiger partial charge in [-0.05, 0) is 27.5 Å². The fraction of sp³-hybridized carbons (Fsp3) is 0.167. The first-order valence-electron chi connectivity index (χ1n) is 3.24. The number of hydrogen-bond donors (Lipinski definition) is 0. The number of aryl methyl sites for hydroxylation is 1. The van der Waals surface area contributed by atoms with E-state index in [1.165, 1.54) is 11.5 Å². The van der Waals surface area contributed by atoms with Crippen molar-refractivity contribution in [1.82, 2.24) is 18.9 Å². The van der Waals surface area contributed by atoms with E-state index < -0.39 is 0 Å². The summed E-state index contributed by atoms with van der Waals surface area (Å²) < 4.78 is 6.53. The van der Waals surface area contributed by atoms with Crippen molar-refractivity contribution in [1.29, 1.82) is 0 Å². The van der Waals surface area contributed by atoms with Crippen LogP contribution in [0.4, 0.5) is 0 Å². The van der Waals surface area contributed by atoms with Gasteiger partial charge in [-0.3, -0.25) is 0 Å². The van der Waals surface area contributed by atoms with Gasteiger partial charge in [0.15, 0.2) is 10.8 Å². The normalized spacial score (nSPS) is 10.5. The van der Waals surface area contributed by atoms with Crippen LogP contribution >= 0.6 is 27.5 Å². The highest BCUT2D eigenvalue weighted by Gasteiger charge is 2.08. The number of imidazole rings is 1. The molecule has 0 radical (unpaired) electrons. The summed E-state index contributed by atoms with van der Waals surface area (Å²) in [5, 5.41) is 0.828. The van der Waals surface area contributed by atoms with Crippen LogP contribution in [0, 0.1) is 0 Å². The van der Waals surface area contributed by atoms with Crippen molar-refractivity contribution in [2.24, 2.45) is 7.05 Å². The smallest absolute Gasteiger partial charge is 0.209 e. The van der Waals surface area contributed by atoms with Gasteiger partial charge >= 0.3 is 0 Å². The lowest BCUT2D eigenvalue weighted by Gasteiger charge is -1.93. The molecule has 0 bridgehead atoms. The summed E-state index contributed by atoms with van der Waals surface area (Å²) in [6.45, 7) is 0. The molecule has 0 saturated heterocycles. The first kappa shape index (κ1) is 7.88. The van der Waals surface area contributed by atoms with Gasteiger partial charge in [-0.15, -0.1) is 0 Å². The molecule has 0 N–H and O–H groups in total. The standard InChI is InChI=1S/C6H5BrN4S/c1-11-3-2-8-4(11)5-9-6(7)10-12-5/h2-3H,1H3. The van der Waals surface area contributed by atoms with Crippen molar-refractivity contribution in [3.8, 4) is 10.8 Å². The Morgan fingerprint density at radius 3 is 2.92 bits per heavy atom. The largest absolute Gasteiger partial charge is 0.332 e. The molecule has 62 valence electrons. The van der Waals surface area contributed by atoms with Gasteiger partial charge in [0.2, 0.25) is 4.73 Å². The average molecular weight is 245 g/mol. The van der Waals surface area contributed by atoms with Gasteiger partial charge < -0.3 is 4.57 Å². The summed E-state index contributed by atoms with van der Waals surface area (Å²) in [5.74, 6) is 0.846. The average Bonchev–Trinajstić information content (AvgIpc) is 2.58. The summed E-state index contributed by atoms with van der Waals surface area (Å²) in [4.78, 5) is 8.30. The molecule has 0 saturated carbocycles. The molecule has 2 aromatic heterocycles. The Kier molecular flexibility index (Phi) is 1.93. The van der Waals surface area contributed by atoms with Crippen LogP contribution in [0.15, 0.2) is 17.1 Å². The van der Waals surface area contributed by atoms with E-state index in [0.717, 1.165) is 10.8 Å². The highest BCUT2D eigenvalue weighted by molar-refractivity contribution is 9.10. The van der Waals surface area contributed by atoms with Crippen LogP contribution in [0.25, 0.3) is 10.8 Å². The minimum Gasteiger partial charge on any atom is -0.332 e. The summed E-state index contributed by atoms with van der Waals surface area (Å²) in [6, 6.07) is 0. The molecule has 0 aliphatic rings. The third kappa shape index (κ3) is 1.27. The van der Waals surface area contributed by atoms with Gasteiger partial charge in [0, 0.05) is 19.4 Å². The van der Waals surface area contributed by atoms with E-state index in [-0.39, 0.29) is 0 Å². The van der Waals surface area contributed by atoms with E-state index >= 15 is 0 Å². The minimum absolute atomic E-state index is 0.616. The number of nitrogens with zero attached hydrogens (tertiary/aromatic N) is 4. The molecule has 0 fully saturated rings. The Morgan fingerprint density at radius 1 is 1.58 bits per heavy atom. The fourth-order valence-electron chi connectivity index (χ4n) is 0.868. The number of hydrogen-bond acceptors (Lipinski definition) is 4. The van der Waals surface area contributed by atoms with Crippen molar-refractivity contribution in [2.45, 2.75) is 0 Å². The number of aromatic nitrogens is 4. The van der Waals surface area contributed by atoms with Crippen LogP contribution < -0.4 is 0 Å². The summed E-state index contributed by atoms with van der Waals surface area (Å²) >= 11 is 4.52. The third-order valence-electron chi connectivity index (χ3n) is 1.41. The summed E-state index contributed by atoms with van der Waals surface area (Å²) in [6.07, 6.45) is 3.62. The predicted molar refractivity (Wildman–Crippen MR) is 49.8 cm³/mol. The van der Waals surface area contributed by atoms with Crippen molar-refractivity contribution in [2.75, 3.05) is 0 Å². The molecule has 4 nitrogen and oxygen atoms in total. The fourth-order valence-corrected chi connectivity index (χ4v) is 1.99. The van der Waals surface area contributed by atoms with Gasteiger partial charge in [0.05, 0.1) is 0 Å². The Morgan fingerprint density at radius 2 is 2.42 bits per heavy atom. The second-order valence-electron chi connectivity index (χ2n) is 2.23. The maximum Gasteiger partial charge on any atom is 0.209 e. The molecule has 0 aromatic carbocycles. The molecule has 0 aliphatic carbocycles. The van der Waals surface area contributed by atoms with Crippen LogP contribution in [-0.4, -0.2) is 18.9 Å². The van der Waals surface area contributed by atoms with E-state index in [4.69, 9.17) is 0 Å². The molecule has 0 amide bonds. The molecule has 12 heavy (non-hydrogen) atoms. The lowest BCUT2D eigenvalue weighted by Crippen LogP contribution is -1.89. The van der Waals surface area contributed by atoms with Gasteiger partial charge in [-0.25, -0.2) is 9.97 Å². The highest BCUT2D eigenvalue weighted by atomic mass is 79.9. The van der Waals surface area contributed by atoms with E-state index in [9.17, 15) is 0 Å². The molecule has 0 atom stereocenters. The molecule has 2 heterocycles. The van der Waals surface area contributed by atoms with Gasteiger partial charge in [0.1, 0.15) is 0 Å². The zero-order chi connectivity index (χ0) is 8.55. The third-order valence-corrected chi connectivity index (χ3v) is 2.71. The monoisotopic (exact) mass is 244 g/mol. The first-order chi connectivity index (χ1) is 5.77. The number of rotatable bonds is 1. The molecule has 0 spiro atoms. The Balaban J connectivity index is 2.50. The van der Waals surface area contributed by atoms with E-state index in [1.54, 1.807) is 6.20 Å². The van der Waals surface area contributed by atoms with Gasteiger partial charge in [-0.1, -0.05) is 0 Å². The molecule has 6 heteroatoms. The zero-order valence-electron chi connectivity index (χ0n) is 6.23. The molecular weight excluding hydrogens is 240 g/mol. The predicted octanol–water partition coefficient (Wildman–Crippen LogP) is 1.70. The first-order valence-corrected chi connectivity index (χ1v) is 4.81. The lowest BCUT2D eigenvalue weighted by molar-refractivity contribution is 0.922. The molecule has 0 aliphatic heterocycles. The molecule has 2 rings (SSSR count). The highest BCUT2D eigenvalue weighted by Crippen LogP contribution is 2.20. The van der Waals surface area contributed by atoms with Crippen molar-refractivity contribution < 1.29 is 0 Å². The van der Waals surface area contributed by atoms with Crippen LogP contribution in [-0.2, 0) is 7.05 Å². The summed E-state index contributed by atoms with van der Waals surface area (Å²) in [5.41, 5.74) is 0. The van der Waals surface area contributed by atoms with Gasteiger partial charge in [-0.2, -0.15) is 4.37 Å². The molecule has 0 unspecified atom stereocenters. The molecular formula is C6H5BrN4S. The topological polar surface area (TPSA) is 43.6 Å². The van der Waals surface area contributed by atoms with Gasteiger partial charge in [0.25, 0.3) is 0 Å². The van der Waals surface area contributed by atoms with Crippen molar-refractivity contribution in [3.05, 3.63) is 17.1 Å². The van der Waals surface area contributed by atoms with E-state index in [1.807, 2.05) is 17.8 Å². The summed E-state index contributed by atoms with van der Waals surface area (Å²) in [7, 11) is 1.93. The van der Waals surface area contributed by atoms with Crippen LogP contribution in [0.3, 0.4) is 0 Å². The Labute approximate surface area is 81.6 Å². The second kappa shape index (κ2) is 2.95. The maximum atomic E-state index is 4.15. The van der Waals surface area contributed by atoms with Crippen LogP contribution in [0.1, 0.15) is 0 Å². The number of halogens is 1. The van der Waals surface area contributed by atoms with E-state index in [0.29, 0.717) is 4.73 Å².